The van der Waals surface area contributed by atoms with Crippen molar-refractivity contribution in [1.82, 2.24) is 0 Å². The van der Waals surface area contributed by atoms with E-state index >= 15 is 0 Å². The first-order valence-electron chi connectivity index (χ1n) is 7.28. The van der Waals surface area contributed by atoms with Crippen molar-refractivity contribution in [1.29, 1.82) is 0 Å². The number of hydrogen-bond acceptors (Lipinski definition) is 3. The molecule has 3 rings (SSSR count). The van der Waals surface area contributed by atoms with Crippen LogP contribution in [0.15, 0.2) is 47.5 Å². The fourth-order valence-electron chi connectivity index (χ4n) is 2.39. The van der Waals surface area contributed by atoms with Crippen LogP contribution in [0.3, 0.4) is 0 Å². The quantitative estimate of drug-likeness (QED) is 0.851. The molecule has 1 unspecified atom stereocenters. The summed E-state index contributed by atoms with van der Waals surface area (Å²) in [5.41, 5.74) is 7.79. The van der Waals surface area contributed by atoms with E-state index in [1.807, 2.05) is 13.0 Å². The van der Waals surface area contributed by atoms with E-state index in [1.54, 1.807) is 30.3 Å². The van der Waals surface area contributed by atoms with Crippen LogP contribution in [0.25, 0.3) is 0 Å². The van der Waals surface area contributed by atoms with E-state index < -0.39 is 0 Å². The summed E-state index contributed by atoms with van der Waals surface area (Å²) in [7, 11) is 0. The Hall–Kier alpha value is -2.56. The lowest BCUT2D eigenvalue weighted by molar-refractivity contribution is 0.258. The molecule has 22 heavy (non-hydrogen) atoms. The zero-order valence-corrected chi connectivity index (χ0v) is 12.3. The lowest BCUT2D eigenvalue weighted by Gasteiger charge is -2.28. The average Bonchev–Trinajstić information content (AvgIpc) is 2.53. The predicted molar refractivity (Wildman–Crippen MR) is 86.7 cm³/mol. The van der Waals surface area contributed by atoms with Crippen molar-refractivity contribution in [2.75, 3.05) is 11.1 Å². The SMILES string of the molecule is CCC1Oc2ccc(N)cc2NC1=NCc1ccccc1F. The lowest BCUT2D eigenvalue weighted by atomic mass is 10.1. The van der Waals surface area contributed by atoms with E-state index in [4.69, 9.17) is 10.5 Å². The van der Waals surface area contributed by atoms with Gasteiger partial charge in [0.25, 0.3) is 0 Å². The van der Waals surface area contributed by atoms with Crippen molar-refractivity contribution in [2.45, 2.75) is 26.0 Å². The number of hydrogen-bond donors (Lipinski definition) is 2. The third-order valence-corrected chi connectivity index (χ3v) is 3.59. The van der Waals surface area contributed by atoms with Gasteiger partial charge in [-0.25, -0.2) is 4.39 Å². The first-order valence-corrected chi connectivity index (χ1v) is 7.28. The summed E-state index contributed by atoms with van der Waals surface area (Å²) in [5, 5.41) is 3.25. The van der Waals surface area contributed by atoms with Crippen LogP contribution in [0, 0.1) is 5.82 Å². The number of anilines is 2. The van der Waals surface area contributed by atoms with E-state index in [2.05, 4.69) is 10.3 Å². The van der Waals surface area contributed by atoms with Crippen LogP contribution in [-0.4, -0.2) is 11.9 Å². The van der Waals surface area contributed by atoms with Gasteiger partial charge in [0.2, 0.25) is 0 Å². The molecule has 2 aromatic carbocycles. The molecule has 2 aromatic rings. The second-order valence-corrected chi connectivity index (χ2v) is 5.19. The Morgan fingerprint density at radius 3 is 2.86 bits per heavy atom. The van der Waals surface area contributed by atoms with E-state index in [1.165, 1.54) is 6.07 Å². The van der Waals surface area contributed by atoms with Gasteiger partial charge >= 0.3 is 0 Å². The minimum absolute atomic E-state index is 0.164. The molecule has 0 fully saturated rings. The van der Waals surface area contributed by atoms with Gasteiger partial charge < -0.3 is 15.8 Å². The number of nitrogens with two attached hydrogens (primary N) is 1. The van der Waals surface area contributed by atoms with Gasteiger partial charge in [-0.2, -0.15) is 0 Å². The Balaban J connectivity index is 1.86. The first kappa shape index (κ1) is 14.4. The van der Waals surface area contributed by atoms with Gasteiger partial charge in [-0.1, -0.05) is 25.1 Å². The molecule has 0 aromatic heterocycles. The number of nitrogen functional groups attached to an aromatic ring is 1. The third kappa shape index (κ3) is 2.88. The topological polar surface area (TPSA) is 59.6 Å². The Bertz CT molecular complexity index is 715. The van der Waals surface area contributed by atoms with Crippen LogP contribution >= 0.6 is 0 Å². The highest BCUT2D eigenvalue weighted by Gasteiger charge is 2.24. The molecule has 0 saturated heterocycles. The zero-order chi connectivity index (χ0) is 15.5. The summed E-state index contributed by atoms with van der Waals surface area (Å²) in [6.45, 7) is 2.29. The molecule has 114 valence electrons. The maximum absolute atomic E-state index is 13.7. The number of amidine groups is 1. The van der Waals surface area contributed by atoms with Crippen LogP contribution in [-0.2, 0) is 6.54 Å². The first-order chi connectivity index (χ1) is 10.7. The molecule has 0 saturated carbocycles. The number of fused-ring (bicyclic) bond motifs is 1. The van der Waals surface area contributed by atoms with Crippen molar-refractivity contribution < 1.29 is 9.13 Å². The van der Waals surface area contributed by atoms with E-state index in [0.29, 0.717) is 17.1 Å². The van der Waals surface area contributed by atoms with Crippen LogP contribution in [0.1, 0.15) is 18.9 Å². The summed E-state index contributed by atoms with van der Waals surface area (Å²) >= 11 is 0. The molecule has 0 radical (unpaired) electrons. The molecule has 1 atom stereocenters. The largest absolute Gasteiger partial charge is 0.480 e. The van der Waals surface area contributed by atoms with E-state index in [0.717, 1.165) is 17.9 Å². The van der Waals surface area contributed by atoms with Gasteiger partial charge in [0.1, 0.15) is 17.4 Å². The molecule has 0 bridgehead atoms. The number of aliphatic imine (C=N–C) groups is 1. The van der Waals surface area contributed by atoms with Crippen molar-refractivity contribution in [3.63, 3.8) is 0 Å². The van der Waals surface area contributed by atoms with Gasteiger partial charge in [-0.05, 0) is 30.7 Å². The highest BCUT2D eigenvalue weighted by Crippen LogP contribution is 2.32. The summed E-state index contributed by atoms with van der Waals surface area (Å²) in [5.74, 6) is 1.20. The molecule has 3 N–H and O–H groups in total. The molecule has 0 amide bonds. The number of nitrogens with zero attached hydrogens (tertiary/aromatic N) is 1. The Morgan fingerprint density at radius 2 is 2.09 bits per heavy atom. The summed E-state index contributed by atoms with van der Waals surface area (Å²) in [6, 6.07) is 12.1. The van der Waals surface area contributed by atoms with Gasteiger partial charge in [0.15, 0.2) is 6.10 Å². The molecule has 4 nitrogen and oxygen atoms in total. The minimum Gasteiger partial charge on any atom is -0.480 e. The Kier molecular flexibility index (Phi) is 3.96. The highest BCUT2D eigenvalue weighted by molar-refractivity contribution is 6.02. The monoisotopic (exact) mass is 299 g/mol. The van der Waals surface area contributed by atoms with Gasteiger partial charge in [0, 0.05) is 11.3 Å². The molecule has 0 aliphatic carbocycles. The fraction of sp³-hybridized carbons (Fsp3) is 0.235. The summed E-state index contributed by atoms with van der Waals surface area (Å²) in [6.07, 6.45) is 0.607. The number of ether oxygens (including phenoxy) is 1. The molecular formula is C17H18FN3O. The minimum atomic E-state index is -0.249. The maximum atomic E-state index is 13.7. The third-order valence-electron chi connectivity index (χ3n) is 3.59. The van der Waals surface area contributed by atoms with Crippen molar-refractivity contribution >= 4 is 17.2 Å². The van der Waals surface area contributed by atoms with Crippen molar-refractivity contribution in [3.05, 3.63) is 53.8 Å². The molecule has 1 aliphatic heterocycles. The Morgan fingerprint density at radius 1 is 1.27 bits per heavy atom. The molecule has 5 heteroatoms. The van der Waals surface area contributed by atoms with Crippen molar-refractivity contribution in [2.24, 2.45) is 4.99 Å². The fourth-order valence-corrected chi connectivity index (χ4v) is 2.39. The van der Waals surface area contributed by atoms with Gasteiger partial charge in [0.05, 0.1) is 12.2 Å². The summed E-state index contributed by atoms with van der Waals surface area (Å²) in [4.78, 5) is 4.49. The smallest absolute Gasteiger partial charge is 0.155 e. The molecule has 1 heterocycles. The van der Waals surface area contributed by atoms with Crippen LogP contribution in [0.2, 0.25) is 0 Å². The molecule has 0 spiro atoms. The second-order valence-electron chi connectivity index (χ2n) is 5.19. The van der Waals surface area contributed by atoms with Crippen LogP contribution in [0.5, 0.6) is 5.75 Å². The van der Waals surface area contributed by atoms with Crippen LogP contribution < -0.4 is 15.8 Å². The predicted octanol–water partition coefficient (Wildman–Crippen LogP) is 3.59. The standard InChI is InChI=1S/C17H18FN3O/c1-2-15-17(20-10-11-5-3-4-6-13(11)18)21-14-9-12(19)7-8-16(14)22-15/h3-9,15H,2,10,19H2,1H3,(H,20,21). The number of rotatable bonds is 3. The van der Waals surface area contributed by atoms with E-state index in [-0.39, 0.29) is 18.5 Å². The summed E-state index contributed by atoms with van der Waals surface area (Å²) < 4.78 is 19.6. The maximum Gasteiger partial charge on any atom is 0.155 e. The number of nitrogens with one attached hydrogen (secondary N) is 1. The number of benzene rings is 2. The highest BCUT2D eigenvalue weighted by atomic mass is 19.1. The van der Waals surface area contributed by atoms with E-state index in [9.17, 15) is 4.39 Å². The second kappa shape index (κ2) is 6.05. The van der Waals surface area contributed by atoms with Gasteiger partial charge in [-0.3, -0.25) is 4.99 Å². The van der Waals surface area contributed by atoms with Gasteiger partial charge in [-0.15, -0.1) is 0 Å². The number of halogens is 1. The average molecular weight is 299 g/mol. The lowest BCUT2D eigenvalue weighted by Crippen LogP contribution is -2.36. The normalized spacial score (nSPS) is 18.5. The molecule has 1 aliphatic rings. The van der Waals surface area contributed by atoms with Crippen LogP contribution in [0.4, 0.5) is 15.8 Å². The zero-order valence-electron chi connectivity index (χ0n) is 12.3. The Labute approximate surface area is 128 Å². The molecular weight excluding hydrogens is 281 g/mol. The van der Waals surface area contributed by atoms with Crippen molar-refractivity contribution in [3.8, 4) is 5.75 Å².